The lowest BCUT2D eigenvalue weighted by Gasteiger charge is -2.31. The molecule has 0 saturated carbocycles. The number of hydrogen-bond donors (Lipinski definition) is 3. The van der Waals surface area contributed by atoms with Crippen LogP contribution in [0.15, 0.2) is 46.8 Å². The van der Waals surface area contributed by atoms with Gasteiger partial charge in [-0.3, -0.25) is 9.59 Å². The third-order valence-corrected chi connectivity index (χ3v) is 4.16. The van der Waals surface area contributed by atoms with E-state index >= 15 is 0 Å². The molecule has 5 nitrogen and oxygen atoms in total. The Labute approximate surface area is 140 Å². The maximum absolute atomic E-state index is 12.4. The molecule has 0 aromatic heterocycles. The van der Waals surface area contributed by atoms with Gasteiger partial charge < -0.3 is 16.0 Å². The second kappa shape index (κ2) is 6.87. The van der Waals surface area contributed by atoms with Crippen LogP contribution in [0.5, 0.6) is 0 Å². The van der Waals surface area contributed by atoms with Gasteiger partial charge in [-0.15, -0.1) is 0 Å². The van der Waals surface area contributed by atoms with E-state index in [0.717, 1.165) is 17.0 Å². The zero-order chi connectivity index (χ0) is 17.1. The number of dihydropyridines is 1. The van der Waals surface area contributed by atoms with Gasteiger partial charge in [0.05, 0.1) is 0 Å². The van der Waals surface area contributed by atoms with E-state index in [9.17, 15) is 9.59 Å². The fourth-order valence-electron chi connectivity index (χ4n) is 2.85. The molecule has 2 amide bonds. The van der Waals surface area contributed by atoms with E-state index in [2.05, 4.69) is 16.0 Å². The molecule has 0 radical (unpaired) electrons. The lowest BCUT2D eigenvalue weighted by molar-refractivity contribution is -0.117. The monoisotopic (exact) mass is 333 g/mol. The molecular formula is C17H20ClN3O2. The molecule has 0 atom stereocenters. The Hall–Kier alpha value is -2.27. The van der Waals surface area contributed by atoms with Crippen molar-refractivity contribution >= 4 is 23.4 Å². The van der Waals surface area contributed by atoms with Crippen molar-refractivity contribution in [1.29, 1.82) is 0 Å². The summed E-state index contributed by atoms with van der Waals surface area (Å²) in [6.45, 7) is 3.66. The molecule has 0 aliphatic carbocycles. The molecule has 0 bridgehead atoms. The zero-order valence-electron chi connectivity index (χ0n) is 13.6. The summed E-state index contributed by atoms with van der Waals surface area (Å²) in [7, 11) is 3.15. The van der Waals surface area contributed by atoms with E-state index in [4.69, 9.17) is 11.6 Å². The number of halogens is 1. The van der Waals surface area contributed by atoms with Gasteiger partial charge in [-0.1, -0.05) is 23.7 Å². The van der Waals surface area contributed by atoms with Gasteiger partial charge in [0.25, 0.3) is 0 Å². The predicted molar refractivity (Wildman–Crippen MR) is 90.9 cm³/mol. The van der Waals surface area contributed by atoms with Crippen molar-refractivity contribution in [3.8, 4) is 0 Å². The topological polar surface area (TPSA) is 70.2 Å². The number of carbonyl (C=O) groups is 2. The highest BCUT2D eigenvalue weighted by Gasteiger charge is 2.35. The summed E-state index contributed by atoms with van der Waals surface area (Å²) >= 11 is 5.97. The highest BCUT2D eigenvalue weighted by molar-refractivity contribution is 6.30. The maximum atomic E-state index is 12.4. The first-order valence-electron chi connectivity index (χ1n) is 7.28. The highest BCUT2D eigenvalue weighted by Crippen LogP contribution is 2.38. The lowest BCUT2D eigenvalue weighted by Crippen LogP contribution is -2.37. The number of carbonyl (C=O) groups excluding carboxylic acids is 2. The summed E-state index contributed by atoms with van der Waals surface area (Å²) in [5.41, 5.74) is 3.36. The number of amides is 2. The Morgan fingerprint density at radius 3 is 1.78 bits per heavy atom. The molecule has 23 heavy (non-hydrogen) atoms. The quantitative estimate of drug-likeness (QED) is 0.793. The van der Waals surface area contributed by atoms with Crippen LogP contribution in [0.1, 0.15) is 25.3 Å². The van der Waals surface area contributed by atoms with E-state index in [1.165, 1.54) is 0 Å². The first kappa shape index (κ1) is 17.1. The second-order valence-corrected chi connectivity index (χ2v) is 5.78. The Kier molecular flexibility index (Phi) is 5.11. The number of nitrogens with one attached hydrogen (secondary N) is 3. The Morgan fingerprint density at radius 2 is 1.39 bits per heavy atom. The van der Waals surface area contributed by atoms with Crippen LogP contribution in [0.4, 0.5) is 0 Å². The van der Waals surface area contributed by atoms with Crippen molar-refractivity contribution in [1.82, 2.24) is 16.0 Å². The Bertz CT molecular complexity index is 667. The van der Waals surface area contributed by atoms with E-state index in [1.54, 1.807) is 26.2 Å². The van der Waals surface area contributed by atoms with Crippen LogP contribution in [-0.2, 0) is 9.59 Å². The molecule has 0 unspecified atom stereocenters. The molecule has 0 fully saturated rings. The predicted octanol–water partition coefficient (Wildman–Crippen LogP) is 2.07. The summed E-state index contributed by atoms with van der Waals surface area (Å²) in [6.07, 6.45) is 0. The Morgan fingerprint density at radius 1 is 0.957 bits per heavy atom. The standard InChI is InChI=1S/C17H20ClN3O2/c1-9-13(16(22)19-3)15(11-5-7-12(18)8-6-11)14(10(2)21-9)17(23)20-4/h5-8,15,21H,1-4H3,(H,19,22)(H,20,23). The molecule has 1 aromatic carbocycles. The normalized spacial score (nSPS) is 15.3. The van der Waals surface area contributed by atoms with Crippen molar-refractivity contribution in [3.05, 3.63) is 57.4 Å². The van der Waals surface area contributed by atoms with Crippen molar-refractivity contribution < 1.29 is 9.59 Å². The molecule has 2 rings (SSSR count). The van der Waals surface area contributed by atoms with Gasteiger partial charge in [0.2, 0.25) is 11.8 Å². The minimum absolute atomic E-state index is 0.219. The summed E-state index contributed by atoms with van der Waals surface area (Å²) in [4.78, 5) is 24.8. The molecule has 0 spiro atoms. The number of benzene rings is 1. The summed E-state index contributed by atoms with van der Waals surface area (Å²) < 4.78 is 0. The van der Waals surface area contributed by atoms with Crippen LogP contribution >= 0.6 is 11.6 Å². The van der Waals surface area contributed by atoms with Crippen LogP contribution in [0.2, 0.25) is 5.02 Å². The summed E-state index contributed by atoms with van der Waals surface area (Å²) in [6, 6.07) is 7.19. The molecule has 122 valence electrons. The number of allylic oxidation sites excluding steroid dienone is 2. The van der Waals surface area contributed by atoms with Crippen molar-refractivity contribution in [2.24, 2.45) is 0 Å². The van der Waals surface area contributed by atoms with Crippen LogP contribution in [0.3, 0.4) is 0 Å². The van der Waals surface area contributed by atoms with Gasteiger partial charge in [-0.25, -0.2) is 0 Å². The molecule has 1 heterocycles. The first-order chi connectivity index (χ1) is 10.9. The summed E-state index contributed by atoms with van der Waals surface area (Å²) in [5.74, 6) is -0.888. The molecule has 3 N–H and O–H groups in total. The maximum Gasteiger partial charge on any atom is 0.249 e. The SMILES string of the molecule is CNC(=O)C1=C(C)NC(C)=C(C(=O)NC)C1c1ccc(Cl)cc1. The number of rotatable bonds is 3. The molecule has 1 aliphatic heterocycles. The Balaban J connectivity index is 2.66. The third kappa shape index (κ3) is 3.24. The van der Waals surface area contributed by atoms with Crippen LogP contribution < -0.4 is 16.0 Å². The minimum Gasteiger partial charge on any atom is -0.362 e. The number of likely N-dealkylation sites (N-methyl/N-ethyl adjacent to an activating group) is 2. The molecule has 0 saturated heterocycles. The molecule has 1 aliphatic rings. The van der Waals surface area contributed by atoms with Gasteiger partial charge >= 0.3 is 0 Å². The van der Waals surface area contributed by atoms with Crippen LogP contribution in [0, 0.1) is 0 Å². The van der Waals surface area contributed by atoms with Crippen LogP contribution in [0.25, 0.3) is 0 Å². The van der Waals surface area contributed by atoms with E-state index in [0.29, 0.717) is 16.2 Å². The van der Waals surface area contributed by atoms with E-state index in [1.807, 2.05) is 26.0 Å². The zero-order valence-corrected chi connectivity index (χ0v) is 14.3. The smallest absolute Gasteiger partial charge is 0.249 e. The van der Waals surface area contributed by atoms with Gasteiger partial charge in [0.15, 0.2) is 0 Å². The van der Waals surface area contributed by atoms with Crippen molar-refractivity contribution in [3.63, 3.8) is 0 Å². The van der Waals surface area contributed by atoms with E-state index in [-0.39, 0.29) is 11.8 Å². The van der Waals surface area contributed by atoms with Gasteiger partial charge in [0, 0.05) is 47.6 Å². The lowest BCUT2D eigenvalue weighted by atomic mass is 9.79. The average molecular weight is 334 g/mol. The van der Waals surface area contributed by atoms with Gasteiger partial charge in [-0.2, -0.15) is 0 Å². The first-order valence-corrected chi connectivity index (χ1v) is 7.66. The molecule has 6 heteroatoms. The van der Waals surface area contributed by atoms with Crippen molar-refractivity contribution in [2.75, 3.05) is 14.1 Å². The average Bonchev–Trinajstić information content (AvgIpc) is 2.53. The second-order valence-electron chi connectivity index (χ2n) is 5.35. The van der Waals surface area contributed by atoms with Crippen molar-refractivity contribution in [2.45, 2.75) is 19.8 Å². The van der Waals surface area contributed by atoms with Gasteiger partial charge in [-0.05, 0) is 31.5 Å². The minimum atomic E-state index is -0.451. The largest absolute Gasteiger partial charge is 0.362 e. The highest BCUT2D eigenvalue weighted by atomic mass is 35.5. The third-order valence-electron chi connectivity index (χ3n) is 3.91. The molecule has 1 aromatic rings. The number of hydrogen-bond acceptors (Lipinski definition) is 3. The fourth-order valence-corrected chi connectivity index (χ4v) is 2.98. The fraction of sp³-hybridized carbons (Fsp3) is 0.294. The van der Waals surface area contributed by atoms with E-state index < -0.39 is 5.92 Å². The summed E-state index contributed by atoms with van der Waals surface area (Å²) in [5, 5.41) is 9.04. The molecular weight excluding hydrogens is 314 g/mol. The van der Waals surface area contributed by atoms with Gasteiger partial charge in [0.1, 0.15) is 0 Å². The van der Waals surface area contributed by atoms with Crippen LogP contribution in [-0.4, -0.2) is 25.9 Å².